The predicted molar refractivity (Wildman–Crippen MR) is 71.6 cm³/mol. The van der Waals surface area contributed by atoms with Crippen LogP contribution in [0.3, 0.4) is 0 Å². The molecule has 0 atom stereocenters. The highest BCUT2D eigenvalue weighted by Crippen LogP contribution is 2.50. The number of benzene rings is 1. The lowest BCUT2D eigenvalue weighted by atomic mass is 9.94. The van der Waals surface area contributed by atoms with Gasteiger partial charge in [0.25, 0.3) is 0 Å². The fourth-order valence-corrected chi connectivity index (χ4v) is 2.52. The van der Waals surface area contributed by atoms with Gasteiger partial charge in [0.15, 0.2) is 11.5 Å². The summed E-state index contributed by atoms with van der Waals surface area (Å²) in [5.41, 5.74) is 0.718. The van der Waals surface area contributed by atoms with Crippen LogP contribution in [-0.4, -0.2) is 25.7 Å². The largest absolute Gasteiger partial charge is 0.486 e. The normalized spacial score (nSPS) is 18.8. The number of carbonyl (C=O) groups excluding carboxylic acids is 1. The maximum Gasteiger partial charge on any atom is 0.230 e. The standard InChI is InChI=1S/C15H19NO3/c1-2-7-16-14(17)15(5-6-15)11-3-4-12-13(10-11)19-9-8-18-12/h3-4,10H,2,5-9H2,1H3,(H,16,17). The van der Waals surface area contributed by atoms with Gasteiger partial charge in [-0.25, -0.2) is 0 Å². The lowest BCUT2D eigenvalue weighted by Crippen LogP contribution is -2.35. The van der Waals surface area contributed by atoms with E-state index >= 15 is 0 Å². The molecule has 19 heavy (non-hydrogen) atoms. The first-order chi connectivity index (χ1) is 9.26. The van der Waals surface area contributed by atoms with Gasteiger partial charge in [0, 0.05) is 6.54 Å². The minimum Gasteiger partial charge on any atom is -0.486 e. The molecule has 0 saturated heterocycles. The fraction of sp³-hybridized carbons (Fsp3) is 0.533. The van der Waals surface area contributed by atoms with Crippen molar-refractivity contribution >= 4 is 5.91 Å². The zero-order valence-electron chi connectivity index (χ0n) is 11.2. The molecule has 1 N–H and O–H groups in total. The van der Waals surface area contributed by atoms with Crippen LogP contribution in [0.15, 0.2) is 18.2 Å². The number of carbonyl (C=O) groups is 1. The summed E-state index contributed by atoms with van der Waals surface area (Å²) in [5, 5.41) is 3.00. The summed E-state index contributed by atoms with van der Waals surface area (Å²) >= 11 is 0. The molecule has 1 fully saturated rings. The summed E-state index contributed by atoms with van der Waals surface area (Å²) in [7, 11) is 0. The second-order valence-electron chi connectivity index (χ2n) is 5.20. The Bertz CT molecular complexity index is 494. The Kier molecular flexibility index (Phi) is 3.09. The van der Waals surface area contributed by atoms with Crippen molar-refractivity contribution in [3.05, 3.63) is 23.8 Å². The van der Waals surface area contributed by atoms with E-state index in [-0.39, 0.29) is 11.3 Å². The lowest BCUT2D eigenvalue weighted by molar-refractivity contribution is -0.123. The minimum atomic E-state index is -0.328. The van der Waals surface area contributed by atoms with E-state index in [1.54, 1.807) is 0 Å². The Hall–Kier alpha value is -1.71. The second kappa shape index (κ2) is 4.76. The molecule has 102 valence electrons. The Morgan fingerprint density at radius 1 is 1.26 bits per heavy atom. The summed E-state index contributed by atoms with van der Waals surface area (Å²) < 4.78 is 11.1. The van der Waals surface area contributed by atoms with Gasteiger partial charge in [-0.2, -0.15) is 0 Å². The molecule has 0 unspecified atom stereocenters. The highest BCUT2D eigenvalue weighted by molar-refractivity contribution is 5.91. The smallest absolute Gasteiger partial charge is 0.230 e. The second-order valence-corrected chi connectivity index (χ2v) is 5.20. The first kappa shape index (κ1) is 12.3. The Balaban J connectivity index is 1.83. The van der Waals surface area contributed by atoms with Gasteiger partial charge in [-0.15, -0.1) is 0 Å². The van der Waals surface area contributed by atoms with E-state index in [9.17, 15) is 4.79 Å². The van der Waals surface area contributed by atoms with Crippen molar-refractivity contribution < 1.29 is 14.3 Å². The molecule has 4 heteroatoms. The number of rotatable bonds is 4. The molecule has 2 aliphatic rings. The lowest BCUT2D eigenvalue weighted by Gasteiger charge is -2.21. The van der Waals surface area contributed by atoms with Crippen LogP contribution in [0.5, 0.6) is 11.5 Å². The van der Waals surface area contributed by atoms with E-state index in [0.717, 1.165) is 42.9 Å². The average Bonchev–Trinajstić information content (AvgIpc) is 3.26. The maximum atomic E-state index is 12.3. The zero-order valence-corrected chi connectivity index (χ0v) is 11.2. The first-order valence-electron chi connectivity index (χ1n) is 6.95. The van der Waals surface area contributed by atoms with Crippen molar-refractivity contribution in [1.82, 2.24) is 5.32 Å². The number of fused-ring (bicyclic) bond motifs is 1. The summed E-state index contributed by atoms with van der Waals surface area (Å²) in [6, 6.07) is 5.87. The van der Waals surface area contributed by atoms with E-state index in [2.05, 4.69) is 12.2 Å². The molecule has 1 aliphatic carbocycles. The van der Waals surface area contributed by atoms with Crippen molar-refractivity contribution in [3.63, 3.8) is 0 Å². The van der Waals surface area contributed by atoms with Crippen molar-refractivity contribution in [2.45, 2.75) is 31.6 Å². The maximum absolute atomic E-state index is 12.3. The third-order valence-electron chi connectivity index (χ3n) is 3.81. The van der Waals surface area contributed by atoms with Crippen LogP contribution in [0.1, 0.15) is 31.7 Å². The van der Waals surface area contributed by atoms with Gasteiger partial charge in [0.2, 0.25) is 5.91 Å². The molecule has 1 aromatic rings. The molecule has 1 amide bonds. The third kappa shape index (κ3) is 2.15. The van der Waals surface area contributed by atoms with Crippen LogP contribution >= 0.6 is 0 Å². The van der Waals surface area contributed by atoms with Crippen LogP contribution < -0.4 is 14.8 Å². The molecule has 1 aliphatic heterocycles. The molecule has 0 radical (unpaired) electrons. The monoisotopic (exact) mass is 261 g/mol. The highest BCUT2D eigenvalue weighted by atomic mass is 16.6. The van der Waals surface area contributed by atoms with Crippen molar-refractivity contribution in [2.24, 2.45) is 0 Å². The molecule has 0 bridgehead atoms. The molecule has 1 saturated carbocycles. The SMILES string of the molecule is CCCNC(=O)C1(c2ccc3c(c2)OCCO3)CC1. The van der Waals surface area contributed by atoms with Crippen molar-refractivity contribution in [1.29, 1.82) is 0 Å². The number of amides is 1. The number of ether oxygens (including phenoxy) is 2. The van der Waals surface area contributed by atoms with Gasteiger partial charge < -0.3 is 14.8 Å². The highest BCUT2D eigenvalue weighted by Gasteiger charge is 2.51. The minimum absolute atomic E-state index is 0.144. The first-order valence-corrected chi connectivity index (χ1v) is 6.95. The van der Waals surface area contributed by atoms with Gasteiger partial charge in [-0.1, -0.05) is 13.0 Å². The van der Waals surface area contributed by atoms with Gasteiger partial charge in [0.1, 0.15) is 13.2 Å². The van der Waals surface area contributed by atoms with Gasteiger partial charge in [0.05, 0.1) is 5.41 Å². The van der Waals surface area contributed by atoms with Gasteiger partial charge in [-0.05, 0) is 37.0 Å². The summed E-state index contributed by atoms with van der Waals surface area (Å²) in [5.74, 6) is 1.68. The summed E-state index contributed by atoms with van der Waals surface area (Å²) in [4.78, 5) is 12.3. The topological polar surface area (TPSA) is 47.6 Å². The van der Waals surface area contributed by atoms with E-state index in [1.165, 1.54) is 0 Å². The molecule has 4 nitrogen and oxygen atoms in total. The molecule has 3 rings (SSSR count). The predicted octanol–water partition coefficient (Wildman–Crippen LogP) is 2.02. The fourth-order valence-electron chi connectivity index (χ4n) is 2.52. The number of hydrogen-bond acceptors (Lipinski definition) is 3. The van der Waals surface area contributed by atoms with Crippen LogP contribution in [0.4, 0.5) is 0 Å². The zero-order chi connectivity index (χ0) is 13.3. The molecule has 1 aromatic carbocycles. The van der Waals surface area contributed by atoms with Gasteiger partial charge >= 0.3 is 0 Å². The van der Waals surface area contributed by atoms with E-state index in [1.807, 2.05) is 18.2 Å². The molecule has 0 spiro atoms. The average molecular weight is 261 g/mol. The number of nitrogens with one attached hydrogen (secondary N) is 1. The third-order valence-corrected chi connectivity index (χ3v) is 3.81. The van der Waals surface area contributed by atoms with Crippen LogP contribution in [-0.2, 0) is 10.2 Å². The van der Waals surface area contributed by atoms with Crippen LogP contribution in [0.2, 0.25) is 0 Å². The van der Waals surface area contributed by atoms with Crippen LogP contribution in [0, 0.1) is 0 Å². The van der Waals surface area contributed by atoms with Crippen LogP contribution in [0.25, 0.3) is 0 Å². The Morgan fingerprint density at radius 3 is 2.68 bits per heavy atom. The van der Waals surface area contributed by atoms with Crippen molar-refractivity contribution in [2.75, 3.05) is 19.8 Å². The van der Waals surface area contributed by atoms with Crippen molar-refractivity contribution in [3.8, 4) is 11.5 Å². The van der Waals surface area contributed by atoms with E-state index in [4.69, 9.17) is 9.47 Å². The quantitative estimate of drug-likeness (QED) is 0.902. The molecule has 0 aromatic heterocycles. The van der Waals surface area contributed by atoms with E-state index in [0.29, 0.717) is 13.2 Å². The Labute approximate surface area is 113 Å². The molecule has 1 heterocycles. The summed E-state index contributed by atoms with van der Waals surface area (Å²) in [6.07, 6.45) is 2.80. The Morgan fingerprint density at radius 2 is 2.00 bits per heavy atom. The molecular weight excluding hydrogens is 242 g/mol. The number of hydrogen-bond donors (Lipinski definition) is 1. The van der Waals surface area contributed by atoms with Gasteiger partial charge in [-0.3, -0.25) is 4.79 Å². The van der Waals surface area contributed by atoms with E-state index < -0.39 is 0 Å². The molecular formula is C15H19NO3. The summed E-state index contributed by atoms with van der Waals surface area (Å²) in [6.45, 7) is 3.97.